The summed E-state index contributed by atoms with van der Waals surface area (Å²) in [7, 11) is 0. The molecule has 6 aromatic carbocycles. The van der Waals surface area contributed by atoms with Crippen LogP contribution in [0.15, 0.2) is 152 Å². The van der Waals surface area contributed by atoms with Crippen molar-refractivity contribution in [3.63, 3.8) is 0 Å². The average molecular weight is 592 g/mol. The smallest absolute Gasteiger partial charge is 0.140 e. The third-order valence-electron chi connectivity index (χ3n) is 9.14. The van der Waals surface area contributed by atoms with Gasteiger partial charge in [0.05, 0.1) is 22.1 Å². The lowest BCUT2D eigenvalue weighted by molar-refractivity contribution is 1.01. The Morgan fingerprint density at radius 2 is 0.822 bits per heavy atom. The fourth-order valence-corrected chi connectivity index (χ4v) is 8.22. The van der Waals surface area contributed by atoms with Crippen LogP contribution in [0.25, 0.3) is 86.5 Å². The zero-order valence-electron chi connectivity index (χ0n) is 24.2. The van der Waals surface area contributed by atoms with Crippen LogP contribution in [-0.2, 0) is 0 Å². The standard InChI is InChI=1S/C41H25N3S/c1-5-14-34-28(10-1)29-11-2-6-15-35(29)43(34)40-18-9-19-41(42-40)44-36-16-7-3-12-30(36)32-24-26(20-22-37(32)44)27-21-23-39-33(25-27)31-13-4-8-17-38(31)45-39/h1-25H. The number of aromatic nitrogens is 3. The molecule has 4 heterocycles. The van der Waals surface area contributed by atoms with Crippen LogP contribution in [0.2, 0.25) is 0 Å². The molecule has 0 radical (unpaired) electrons. The molecule has 4 heteroatoms. The van der Waals surface area contributed by atoms with Gasteiger partial charge in [0.15, 0.2) is 0 Å². The molecule has 0 aliphatic carbocycles. The number of para-hydroxylation sites is 3. The van der Waals surface area contributed by atoms with E-state index in [4.69, 9.17) is 4.98 Å². The molecule has 3 nitrogen and oxygen atoms in total. The van der Waals surface area contributed by atoms with Crippen molar-refractivity contribution >= 4 is 75.1 Å². The van der Waals surface area contributed by atoms with E-state index in [2.05, 4.69) is 161 Å². The molecule has 0 atom stereocenters. The van der Waals surface area contributed by atoms with Crippen molar-refractivity contribution < 1.29 is 0 Å². The number of nitrogens with zero attached hydrogens (tertiary/aromatic N) is 3. The first-order valence-corrected chi connectivity index (χ1v) is 16.0. The van der Waals surface area contributed by atoms with Gasteiger partial charge in [-0.15, -0.1) is 11.3 Å². The van der Waals surface area contributed by atoms with Crippen LogP contribution in [0.4, 0.5) is 0 Å². The topological polar surface area (TPSA) is 22.8 Å². The summed E-state index contributed by atoms with van der Waals surface area (Å²) in [4.78, 5) is 5.32. The predicted molar refractivity (Wildman–Crippen MR) is 191 cm³/mol. The van der Waals surface area contributed by atoms with Crippen LogP contribution < -0.4 is 0 Å². The molecule has 10 aromatic rings. The normalized spacial score (nSPS) is 12.0. The van der Waals surface area contributed by atoms with E-state index in [9.17, 15) is 0 Å². The van der Waals surface area contributed by atoms with E-state index in [0.29, 0.717) is 0 Å². The second-order valence-electron chi connectivity index (χ2n) is 11.6. The van der Waals surface area contributed by atoms with Gasteiger partial charge in [0.1, 0.15) is 11.6 Å². The highest BCUT2D eigenvalue weighted by atomic mass is 32.1. The van der Waals surface area contributed by atoms with Gasteiger partial charge < -0.3 is 0 Å². The van der Waals surface area contributed by atoms with Crippen LogP contribution in [0.3, 0.4) is 0 Å². The van der Waals surface area contributed by atoms with Gasteiger partial charge in [0, 0.05) is 41.7 Å². The van der Waals surface area contributed by atoms with Gasteiger partial charge in [-0.05, 0) is 71.8 Å². The zero-order valence-corrected chi connectivity index (χ0v) is 25.0. The molecule has 0 spiro atoms. The number of benzene rings is 6. The second kappa shape index (κ2) is 9.39. The average Bonchev–Trinajstić information content (AvgIpc) is 3.75. The first kappa shape index (κ1) is 24.7. The summed E-state index contributed by atoms with van der Waals surface area (Å²) in [5, 5.41) is 7.56. The van der Waals surface area contributed by atoms with Gasteiger partial charge in [-0.25, -0.2) is 4.98 Å². The Hall–Kier alpha value is -5.71. The van der Waals surface area contributed by atoms with Gasteiger partial charge in [-0.2, -0.15) is 0 Å². The molecule has 0 unspecified atom stereocenters. The molecule has 10 rings (SSSR count). The highest BCUT2D eigenvalue weighted by Crippen LogP contribution is 2.39. The third-order valence-corrected chi connectivity index (χ3v) is 10.3. The van der Waals surface area contributed by atoms with Gasteiger partial charge in [-0.1, -0.05) is 91.0 Å². The third kappa shape index (κ3) is 3.60. The van der Waals surface area contributed by atoms with E-state index in [0.717, 1.165) is 33.7 Å². The van der Waals surface area contributed by atoms with Crippen molar-refractivity contribution in [2.75, 3.05) is 0 Å². The van der Waals surface area contributed by atoms with E-state index in [-0.39, 0.29) is 0 Å². The van der Waals surface area contributed by atoms with Crippen molar-refractivity contribution in [2.24, 2.45) is 0 Å². The molecule has 0 fully saturated rings. The summed E-state index contributed by atoms with van der Waals surface area (Å²) >= 11 is 1.86. The largest absolute Gasteiger partial charge is 0.294 e. The van der Waals surface area contributed by atoms with Crippen molar-refractivity contribution in [1.82, 2.24) is 14.1 Å². The quantitative estimate of drug-likeness (QED) is 0.200. The van der Waals surface area contributed by atoms with E-state index in [1.165, 1.54) is 52.8 Å². The minimum absolute atomic E-state index is 0.902. The highest BCUT2D eigenvalue weighted by Gasteiger charge is 2.17. The highest BCUT2D eigenvalue weighted by molar-refractivity contribution is 7.25. The van der Waals surface area contributed by atoms with Gasteiger partial charge in [-0.3, -0.25) is 9.13 Å². The SMILES string of the molecule is c1cc(-n2c3ccccc3c3ccccc32)nc(-n2c3ccccc3c3cc(-c4ccc5sc6ccccc6c5c4)ccc32)c1. The molecule has 45 heavy (non-hydrogen) atoms. The predicted octanol–water partition coefficient (Wildman–Crippen LogP) is 11.3. The Morgan fingerprint density at radius 1 is 0.356 bits per heavy atom. The van der Waals surface area contributed by atoms with E-state index in [1.54, 1.807) is 0 Å². The summed E-state index contributed by atoms with van der Waals surface area (Å²) in [6.07, 6.45) is 0. The van der Waals surface area contributed by atoms with Gasteiger partial charge in [0.25, 0.3) is 0 Å². The molecule has 4 aromatic heterocycles. The summed E-state index contributed by atoms with van der Waals surface area (Å²) < 4.78 is 7.25. The van der Waals surface area contributed by atoms with Gasteiger partial charge in [0.2, 0.25) is 0 Å². The fraction of sp³-hybridized carbons (Fsp3) is 0. The maximum atomic E-state index is 5.32. The first-order chi connectivity index (χ1) is 22.3. The number of fused-ring (bicyclic) bond motifs is 9. The van der Waals surface area contributed by atoms with Crippen LogP contribution in [0, 0.1) is 0 Å². The van der Waals surface area contributed by atoms with Crippen molar-refractivity contribution in [1.29, 1.82) is 0 Å². The van der Waals surface area contributed by atoms with Crippen LogP contribution >= 0.6 is 11.3 Å². The number of rotatable bonds is 3. The maximum Gasteiger partial charge on any atom is 0.140 e. The minimum atomic E-state index is 0.902. The number of hydrogen-bond acceptors (Lipinski definition) is 2. The first-order valence-electron chi connectivity index (χ1n) is 15.2. The van der Waals surface area contributed by atoms with Crippen molar-refractivity contribution in [3.05, 3.63) is 152 Å². The van der Waals surface area contributed by atoms with E-state index >= 15 is 0 Å². The summed E-state index contributed by atoms with van der Waals surface area (Å²) in [5.41, 5.74) is 7.06. The molecule has 0 aliphatic heterocycles. The summed E-state index contributed by atoms with van der Waals surface area (Å²) in [6.45, 7) is 0. The van der Waals surface area contributed by atoms with E-state index < -0.39 is 0 Å². The maximum absolute atomic E-state index is 5.32. The fourth-order valence-electron chi connectivity index (χ4n) is 7.14. The molecule has 0 saturated heterocycles. The molecular formula is C41H25N3S. The summed E-state index contributed by atoms with van der Waals surface area (Å²) in [5.74, 6) is 1.81. The van der Waals surface area contributed by atoms with Crippen molar-refractivity contribution in [3.8, 4) is 22.8 Å². The zero-order chi connectivity index (χ0) is 29.5. The number of pyridine rings is 1. The number of hydrogen-bond donors (Lipinski definition) is 0. The Morgan fingerprint density at radius 3 is 1.47 bits per heavy atom. The monoisotopic (exact) mass is 591 g/mol. The van der Waals surface area contributed by atoms with E-state index in [1.807, 2.05) is 11.3 Å². The molecule has 0 bridgehead atoms. The summed E-state index contributed by atoms with van der Waals surface area (Å²) in [6, 6.07) is 54.6. The number of thiophene rings is 1. The van der Waals surface area contributed by atoms with Crippen LogP contribution in [0.1, 0.15) is 0 Å². The van der Waals surface area contributed by atoms with Crippen molar-refractivity contribution in [2.45, 2.75) is 0 Å². The van der Waals surface area contributed by atoms with Gasteiger partial charge >= 0.3 is 0 Å². The Balaban J connectivity index is 1.17. The lowest BCUT2D eigenvalue weighted by Crippen LogP contribution is -2.03. The van der Waals surface area contributed by atoms with Crippen LogP contribution in [-0.4, -0.2) is 14.1 Å². The van der Waals surface area contributed by atoms with Crippen LogP contribution in [0.5, 0.6) is 0 Å². The lowest BCUT2D eigenvalue weighted by Gasteiger charge is -2.11. The second-order valence-corrected chi connectivity index (χ2v) is 12.7. The molecule has 0 N–H and O–H groups in total. The Labute approximate surface area is 262 Å². The Kier molecular flexibility index (Phi) is 5.16. The molecule has 0 amide bonds. The minimum Gasteiger partial charge on any atom is -0.294 e. The molecular weight excluding hydrogens is 567 g/mol. The lowest BCUT2D eigenvalue weighted by atomic mass is 10.0. The molecule has 0 saturated carbocycles. The molecule has 210 valence electrons. The Bertz CT molecular complexity index is 2720. The molecule has 0 aliphatic rings.